The minimum absolute atomic E-state index is 0.261. The van der Waals surface area contributed by atoms with E-state index in [4.69, 9.17) is 5.73 Å². The number of hydrogen-bond acceptors (Lipinski definition) is 5. The molecule has 0 saturated carbocycles. The number of hydrogen-bond donors (Lipinski definition) is 1. The predicted molar refractivity (Wildman–Crippen MR) is 70.4 cm³/mol. The molecular formula is C14H15NO4. The van der Waals surface area contributed by atoms with Crippen LogP contribution >= 0.6 is 0 Å². The summed E-state index contributed by atoms with van der Waals surface area (Å²) in [5.74, 6) is 3.80. The zero-order valence-electron chi connectivity index (χ0n) is 11.1. The van der Waals surface area contributed by atoms with Crippen LogP contribution in [0.4, 0.5) is 5.69 Å². The van der Waals surface area contributed by atoms with Crippen LogP contribution in [0.5, 0.6) is 0 Å². The van der Waals surface area contributed by atoms with Crippen LogP contribution in [0, 0.1) is 18.8 Å². The van der Waals surface area contributed by atoms with E-state index in [1.807, 2.05) is 0 Å². The Kier molecular flexibility index (Phi) is 4.95. The summed E-state index contributed by atoms with van der Waals surface area (Å²) in [6.07, 6.45) is 0. The summed E-state index contributed by atoms with van der Waals surface area (Å²) < 4.78 is 9.34. The second-order valence-electron chi connectivity index (χ2n) is 3.70. The second kappa shape index (κ2) is 6.45. The highest BCUT2D eigenvalue weighted by Gasteiger charge is 2.12. The van der Waals surface area contributed by atoms with Crippen LogP contribution in [0.1, 0.15) is 28.4 Å². The van der Waals surface area contributed by atoms with Gasteiger partial charge >= 0.3 is 11.9 Å². The van der Waals surface area contributed by atoms with E-state index in [1.165, 1.54) is 13.2 Å². The quantitative estimate of drug-likeness (QED) is 0.493. The molecule has 0 spiro atoms. The molecule has 0 aliphatic carbocycles. The van der Waals surface area contributed by atoms with Gasteiger partial charge in [-0.15, -0.1) is 0 Å². The van der Waals surface area contributed by atoms with Gasteiger partial charge in [-0.3, -0.25) is 0 Å². The number of benzene rings is 1. The molecule has 1 aromatic carbocycles. The van der Waals surface area contributed by atoms with E-state index in [9.17, 15) is 9.59 Å². The smallest absolute Gasteiger partial charge is 0.384 e. The van der Waals surface area contributed by atoms with E-state index in [2.05, 4.69) is 21.3 Å². The van der Waals surface area contributed by atoms with E-state index < -0.39 is 11.9 Å². The highest BCUT2D eigenvalue weighted by molar-refractivity contribution is 5.94. The van der Waals surface area contributed by atoms with Crippen molar-refractivity contribution in [2.45, 2.75) is 13.8 Å². The maximum absolute atomic E-state index is 11.6. The molecule has 0 unspecified atom stereocenters. The predicted octanol–water partition coefficient (Wildman–Crippen LogP) is 1.28. The van der Waals surface area contributed by atoms with Crippen molar-refractivity contribution in [1.29, 1.82) is 0 Å². The second-order valence-corrected chi connectivity index (χ2v) is 3.70. The topological polar surface area (TPSA) is 78.6 Å². The zero-order chi connectivity index (χ0) is 14.4. The Bertz CT molecular complexity index is 567. The van der Waals surface area contributed by atoms with Crippen LogP contribution in [-0.2, 0) is 14.3 Å². The van der Waals surface area contributed by atoms with Gasteiger partial charge in [0.15, 0.2) is 0 Å². The van der Waals surface area contributed by atoms with Gasteiger partial charge in [-0.2, -0.15) is 0 Å². The molecule has 5 nitrogen and oxygen atoms in total. The molecular weight excluding hydrogens is 246 g/mol. The van der Waals surface area contributed by atoms with Crippen molar-refractivity contribution >= 4 is 17.6 Å². The van der Waals surface area contributed by atoms with E-state index in [0.717, 1.165) is 0 Å². The standard InChI is InChI=1S/C14H15NO4/c1-4-19-13(16)6-5-10-7-11(14(17)18-3)9(2)12(15)8-10/h7-8H,4,15H2,1-3H3. The third-order valence-corrected chi connectivity index (χ3v) is 2.44. The molecule has 0 saturated heterocycles. The van der Waals surface area contributed by atoms with Crippen molar-refractivity contribution in [2.24, 2.45) is 0 Å². The number of rotatable bonds is 2. The molecule has 5 heteroatoms. The molecule has 0 heterocycles. The summed E-state index contributed by atoms with van der Waals surface area (Å²) in [4.78, 5) is 22.7. The third kappa shape index (κ3) is 3.75. The maximum Gasteiger partial charge on any atom is 0.384 e. The molecule has 0 fully saturated rings. The van der Waals surface area contributed by atoms with Gasteiger partial charge in [0.2, 0.25) is 0 Å². The normalized spacial score (nSPS) is 9.21. The van der Waals surface area contributed by atoms with Crippen LogP contribution in [0.2, 0.25) is 0 Å². The molecule has 100 valence electrons. The lowest BCUT2D eigenvalue weighted by atomic mass is 10.0. The number of esters is 2. The fraction of sp³-hybridized carbons (Fsp3) is 0.286. The highest BCUT2D eigenvalue weighted by atomic mass is 16.5. The fourth-order valence-corrected chi connectivity index (χ4v) is 1.42. The van der Waals surface area contributed by atoms with E-state index in [1.54, 1.807) is 19.9 Å². The first-order valence-electron chi connectivity index (χ1n) is 5.66. The van der Waals surface area contributed by atoms with Crippen LogP contribution in [-0.4, -0.2) is 25.7 Å². The number of nitrogens with two attached hydrogens (primary N) is 1. The van der Waals surface area contributed by atoms with Gasteiger partial charge in [-0.05, 0) is 31.5 Å². The van der Waals surface area contributed by atoms with E-state index >= 15 is 0 Å². The largest absolute Gasteiger partial charge is 0.465 e. The Hall–Kier alpha value is -2.48. The number of anilines is 1. The van der Waals surface area contributed by atoms with Crippen LogP contribution < -0.4 is 5.73 Å². The molecule has 1 aromatic rings. The number of carbonyl (C=O) groups excluding carboxylic acids is 2. The van der Waals surface area contributed by atoms with Crippen LogP contribution in [0.25, 0.3) is 0 Å². The van der Waals surface area contributed by atoms with Crippen molar-refractivity contribution in [2.75, 3.05) is 19.5 Å². The van der Waals surface area contributed by atoms with Crippen molar-refractivity contribution < 1.29 is 19.1 Å². The average Bonchev–Trinajstić information content (AvgIpc) is 2.39. The highest BCUT2D eigenvalue weighted by Crippen LogP contribution is 2.19. The molecule has 0 bridgehead atoms. The SMILES string of the molecule is CCOC(=O)C#Cc1cc(N)c(C)c(C(=O)OC)c1. The summed E-state index contributed by atoms with van der Waals surface area (Å²) in [6, 6.07) is 3.12. The Labute approximate surface area is 111 Å². The van der Waals surface area contributed by atoms with Crippen LogP contribution in [0.3, 0.4) is 0 Å². The minimum atomic E-state index is -0.624. The van der Waals surface area contributed by atoms with Crippen molar-refractivity contribution in [3.63, 3.8) is 0 Å². The van der Waals surface area contributed by atoms with Crippen molar-refractivity contribution in [1.82, 2.24) is 0 Å². The summed E-state index contributed by atoms with van der Waals surface area (Å²) in [5.41, 5.74) is 7.60. The fourth-order valence-electron chi connectivity index (χ4n) is 1.42. The van der Waals surface area contributed by atoms with Gasteiger partial charge < -0.3 is 15.2 Å². The first-order chi connectivity index (χ1) is 8.99. The molecule has 0 aliphatic heterocycles. The molecule has 0 aromatic heterocycles. The Morgan fingerprint density at radius 1 is 1.37 bits per heavy atom. The molecule has 0 aliphatic rings. The van der Waals surface area contributed by atoms with Gasteiger partial charge in [-0.1, -0.05) is 5.92 Å². The number of ether oxygens (including phenoxy) is 2. The first-order valence-corrected chi connectivity index (χ1v) is 5.66. The molecule has 2 N–H and O–H groups in total. The van der Waals surface area contributed by atoms with Gasteiger partial charge in [-0.25, -0.2) is 9.59 Å². The monoisotopic (exact) mass is 261 g/mol. The Morgan fingerprint density at radius 2 is 2.05 bits per heavy atom. The summed E-state index contributed by atoms with van der Waals surface area (Å²) in [6.45, 7) is 3.67. The first kappa shape index (κ1) is 14.6. The minimum Gasteiger partial charge on any atom is -0.465 e. The summed E-state index contributed by atoms with van der Waals surface area (Å²) in [5, 5.41) is 0. The Morgan fingerprint density at radius 3 is 2.63 bits per heavy atom. The van der Waals surface area contributed by atoms with Crippen molar-refractivity contribution in [3.8, 4) is 11.8 Å². The molecule has 19 heavy (non-hydrogen) atoms. The van der Waals surface area contributed by atoms with E-state index in [-0.39, 0.29) is 6.61 Å². The molecule has 0 atom stereocenters. The van der Waals surface area contributed by atoms with E-state index in [0.29, 0.717) is 22.4 Å². The zero-order valence-corrected chi connectivity index (χ0v) is 11.1. The lowest BCUT2D eigenvalue weighted by molar-refractivity contribution is -0.136. The number of methoxy groups -OCH3 is 1. The molecule has 0 amide bonds. The molecule has 1 rings (SSSR count). The number of nitrogen functional groups attached to an aromatic ring is 1. The van der Waals surface area contributed by atoms with Gasteiger partial charge in [0.1, 0.15) is 0 Å². The average molecular weight is 261 g/mol. The Balaban J connectivity index is 3.14. The lowest BCUT2D eigenvalue weighted by Gasteiger charge is -2.07. The lowest BCUT2D eigenvalue weighted by Crippen LogP contribution is -2.07. The summed E-state index contributed by atoms with van der Waals surface area (Å²) in [7, 11) is 1.29. The molecule has 0 radical (unpaired) electrons. The van der Waals surface area contributed by atoms with Crippen LogP contribution in [0.15, 0.2) is 12.1 Å². The van der Waals surface area contributed by atoms with Gasteiger partial charge in [0.05, 0.1) is 19.3 Å². The van der Waals surface area contributed by atoms with Gasteiger partial charge in [0, 0.05) is 17.2 Å². The summed E-state index contributed by atoms with van der Waals surface area (Å²) >= 11 is 0. The number of carbonyl (C=O) groups is 2. The maximum atomic E-state index is 11.6. The van der Waals surface area contributed by atoms with Crippen molar-refractivity contribution in [3.05, 3.63) is 28.8 Å². The van der Waals surface area contributed by atoms with Gasteiger partial charge in [0.25, 0.3) is 0 Å². The third-order valence-electron chi connectivity index (χ3n) is 2.44.